The fourth-order valence-electron chi connectivity index (χ4n) is 3.91. The first-order chi connectivity index (χ1) is 8.39. The molecule has 0 amide bonds. The summed E-state index contributed by atoms with van der Waals surface area (Å²) in [6.45, 7) is 4.37. The lowest BCUT2D eigenvalue weighted by Crippen LogP contribution is -2.48. The van der Waals surface area contributed by atoms with Gasteiger partial charge in [-0.2, -0.15) is 0 Å². The molecule has 2 atom stereocenters. The number of hydrogen-bond acceptors (Lipinski definition) is 3. The normalized spacial score (nSPS) is 33.7. The van der Waals surface area contributed by atoms with E-state index in [1.165, 1.54) is 6.42 Å². The fourth-order valence-corrected chi connectivity index (χ4v) is 6.73. The van der Waals surface area contributed by atoms with Crippen molar-refractivity contribution in [2.75, 3.05) is 7.05 Å². The van der Waals surface area contributed by atoms with Gasteiger partial charge in [0.2, 0.25) is 0 Å². The quantitative estimate of drug-likeness (QED) is 0.859. The second kappa shape index (κ2) is 5.12. The summed E-state index contributed by atoms with van der Waals surface area (Å²) in [5.41, 5.74) is 0.0984. The van der Waals surface area contributed by atoms with Gasteiger partial charge in [-0.25, -0.2) is 8.42 Å². The van der Waals surface area contributed by atoms with Crippen LogP contribution in [0.4, 0.5) is 0 Å². The van der Waals surface area contributed by atoms with Gasteiger partial charge in [-0.15, -0.1) is 0 Å². The molecule has 3 nitrogen and oxygen atoms in total. The monoisotopic (exact) mass is 273 g/mol. The summed E-state index contributed by atoms with van der Waals surface area (Å²) in [7, 11) is -1.05. The summed E-state index contributed by atoms with van der Waals surface area (Å²) in [6.07, 6.45) is 6.99. The zero-order valence-corrected chi connectivity index (χ0v) is 12.7. The molecule has 0 spiro atoms. The second-order valence-electron chi connectivity index (χ2n) is 6.68. The summed E-state index contributed by atoms with van der Waals surface area (Å²) in [5.74, 6) is 0. The molecule has 106 valence electrons. The van der Waals surface area contributed by atoms with Crippen molar-refractivity contribution in [2.24, 2.45) is 5.41 Å². The maximum Gasteiger partial charge on any atom is 0.157 e. The Balaban J connectivity index is 2.19. The summed E-state index contributed by atoms with van der Waals surface area (Å²) < 4.78 is 25.6. The Morgan fingerprint density at radius 3 is 2.22 bits per heavy atom. The van der Waals surface area contributed by atoms with Crippen molar-refractivity contribution in [1.82, 2.24) is 5.32 Å². The van der Waals surface area contributed by atoms with Gasteiger partial charge in [-0.05, 0) is 38.1 Å². The van der Waals surface area contributed by atoms with E-state index >= 15 is 0 Å². The minimum Gasteiger partial charge on any atom is -0.315 e. The molecule has 2 rings (SSSR count). The Morgan fingerprint density at radius 2 is 1.67 bits per heavy atom. The average Bonchev–Trinajstić information content (AvgIpc) is 2.66. The van der Waals surface area contributed by atoms with Crippen LogP contribution in [0.5, 0.6) is 0 Å². The third kappa shape index (κ3) is 2.46. The van der Waals surface area contributed by atoms with E-state index < -0.39 is 9.84 Å². The second-order valence-corrected chi connectivity index (χ2v) is 9.13. The summed E-state index contributed by atoms with van der Waals surface area (Å²) in [4.78, 5) is 0. The molecule has 0 heterocycles. The smallest absolute Gasteiger partial charge is 0.157 e. The lowest BCUT2D eigenvalue weighted by Gasteiger charge is -2.33. The molecule has 0 aromatic rings. The van der Waals surface area contributed by atoms with Crippen LogP contribution in [0.1, 0.15) is 58.8 Å². The molecule has 0 bridgehead atoms. The molecule has 2 unspecified atom stereocenters. The summed E-state index contributed by atoms with van der Waals surface area (Å²) in [5, 5.41) is 3.04. The predicted molar refractivity (Wildman–Crippen MR) is 75.4 cm³/mol. The lowest BCUT2D eigenvalue weighted by molar-refractivity contribution is 0.296. The van der Waals surface area contributed by atoms with Gasteiger partial charge in [-0.1, -0.05) is 33.1 Å². The Bertz CT molecular complexity index is 383. The van der Waals surface area contributed by atoms with Gasteiger partial charge in [-0.3, -0.25) is 0 Å². The van der Waals surface area contributed by atoms with E-state index in [0.717, 1.165) is 38.5 Å². The molecule has 4 heteroatoms. The van der Waals surface area contributed by atoms with Gasteiger partial charge in [0.25, 0.3) is 0 Å². The van der Waals surface area contributed by atoms with Crippen molar-refractivity contribution in [3.05, 3.63) is 0 Å². The van der Waals surface area contributed by atoms with Crippen molar-refractivity contribution in [1.29, 1.82) is 0 Å². The van der Waals surface area contributed by atoms with Crippen LogP contribution in [0.2, 0.25) is 0 Å². The molecule has 0 aromatic carbocycles. The number of hydrogen-bond donors (Lipinski definition) is 1. The first-order valence-electron chi connectivity index (χ1n) is 7.29. The molecular formula is C14H27NO2S. The molecule has 18 heavy (non-hydrogen) atoms. The van der Waals surface area contributed by atoms with Gasteiger partial charge in [0.05, 0.1) is 10.5 Å². The summed E-state index contributed by atoms with van der Waals surface area (Å²) in [6, 6.07) is 0.115. The number of rotatable bonds is 3. The highest BCUT2D eigenvalue weighted by molar-refractivity contribution is 7.92. The minimum atomic E-state index is -2.96. The van der Waals surface area contributed by atoms with E-state index in [-0.39, 0.29) is 22.0 Å². The van der Waals surface area contributed by atoms with Crippen LogP contribution in [0, 0.1) is 5.41 Å². The number of nitrogens with one attached hydrogen (secondary N) is 1. The van der Waals surface area contributed by atoms with Crippen LogP contribution in [0.25, 0.3) is 0 Å². The topological polar surface area (TPSA) is 46.2 Å². The van der Waals surface area contributed by atoms with Crippen LogP contribution in [-0.2, 0) is 9.84 Å². The molecule has 0 aliphatic heterocycles. The van der Waals surface area contributed by atoms with Gasteiger partial charge in [0, 0.05) is 6.04 Å². The summed E-state index contributed by atoms with van der Waals surface area (Å²) >= 11 is 0. The third-order valence-electron chi connectivity index (χ3n) is 5.04. The minimum absolute atomic E-state index is 0.0685. The van der Waals surface area contributed by atoms with Crippen molar-refractivity contribution >= 4 is 9.84 Å². The van der Waals surface area contributed by atoms with E-state index in [2.05, 4.69) is 19.2 Å². The largest absolute Gasteiger partial charge is 0.315 e. The maximum atomic E-state index is 12.8. The third-order valence-corrected chi connectivity index (χ3v) is 7.79. The molecule has 0 aromatic heterocycles. The maximum absolute atomic E-state index is 12.8. The van der Waals surface area contributed by atoms with Crippen molar-refractivity contribution < 1.29 is 8.42 Å². The highest BCUT2D eigenvalue weighted by atomic mass is 32.2. The lowest BCUT2D eigenvalue weighted by atomic mass is 9.87. The van der Waals surface area contributed by atoms with E-state index in [4.69, 9.17) is 0 Å². The molecule has 2 aliphatic carbocycles. The van der Waals surface area contributed by atoms with Gasteiger partial charge in [0.1, 0.15) is 0 Å². The first-order valence-corrected chi connectivity index (χ1v) is 8.90. The van der Waals surface area contributed by atoms with E-state index in [9.17, 15) is 8.42 Å². The Morgan fingerprint density at radius 1 is 1.06 bits per heavy atom. The molecule has 2 aliphatic rings. The van der Waals surface area contributed by atoms with Crippen molar-refractivity contribution in [2.45, 2.75) is 75.3 Å². The fraction of sp³-hybridized carbons (Fsp3) is 1.00. The molecule has 0 saturated heterocycles. The molecule has 0 radical (unpaired) electrons. The van der Waals surface area contributed by atoms with E-state index in [1.807, 2.05) is 7.05 Å². The highest BCUT2D eigenvalue weighted by Crippen LogP contribution is 2.42. The van der Waals surface area contributed by atoms with Crippen LogP contribution in [0.15, 0.2) is 0 Å². The molecule has 2 saturated carbocycles. The van der Waals surface area contributed by atoms with Crippen LogP contribution in [-0.4, -0.2) is 32.0 Å². The van der Waals surface area contributed by atoms with Crippen molar-refractivity contribution in [3.8, 4) is 0 Å². The van der Waals surface area contributed by atoms with Crippen molar-refractivity contribution in [3.63, 3.8) is 0 Å². The van der Waals surface area contributed by atoms with E-state index in [1.54, 1.807) is 0 Å². The van der Waals surface area contributed by atoms with Crippen LogP contribution in [0.3, 0.4) is 0 Å². The first kappa shape index (κ1) is 14.3. The zero-order valence-electron chi connectivity index (χ0n) is 11.9. The highest BCUT2D eigenvalue weighted by Gasteiger charge is 2.49. The van der Waals surface area contributed by atoms with E-state index in [0.29, 0.717) is 0 Å². The Hall–Kier alpha value is -0.0900. The Kier molecular flexibility index (Phi) is 4.07. The van der Waals surface area contributed by atoms with Crippen LogP contribution >= 0.6 is 0 Å². The SMILES string of the molecule is CNC1C(S(=O)(=O)C2CCCCC2)CCC1(C)C. The van der Waals surface area contributed by atoms with Gasteiger partial charge in [0.15, 0.2) is 9.84 Å². The molecular weight excluding hydrogens is 246 g/mol. The average molecular weight is 273 g/mol. The van der Waals surface area contributed by atoms with Gasteiger partial charge >= 0.3 is 0 Å². The molecule has 2 fully saturated rings. The predicted octanol–water partition coefficient (Wildman–Crippen LogP) is 2.51. The molecule has 1 N–H and O–H groups in total. The standard InChI is InChI=1S/C14H27NO2S/c1-14(2)10-9-12(13(14)15-3)18(16,17)11-7-5-4-6-8-11/h11-13,15H,4-10H2,1-3H3. The van der Waals surface area contributed by atoms with Crippen LogP contribution < -0.4 is 5.32 Å². The Labute approximate surface area is 112 Å². The van der Waals surface area contributed by atoms with Gasteiger partial charge < -0.3 is 5.32 Å². The zero-order chi connectivity index (χ0) is 13.4. The number of sulfone groups is 1.